The van der Waals surface area contributed by atoms with Gasteiger partial charge in [0.05, 0.1) is 6.10 Å². The maximum absolute atomic E-state index is 5.96. The van der Waals surface area contributed by atoms with Gasteiger partial charge in [-0.25, -0.2) is 0 Å². The molecule has 0 unspecified atom stereocenters. The normalized spacial score (nSPS) is 40.1. The molecular formula is C24H44O. The Balaban J connectivity index is 1.37. The summed E-state index contributed by atoms with van der Waals surface area (Å²) in [5.74, 6) is 5.25. The number of hydrogen-bond acceptors (Lipinski definition) is 1. The minimum Gasteiger partial charge on any atom is -0.378 e. The van der Waals surface area contributed by atoms with Crippen LogP contribution in [-0.4, -0.2) is 12.7 Å². The van der Waals surface area contributed by atoms with Crippen molar-refractivity contribution in [1.29, 1.82) is 0 Å². The first kappa shape index (κ1) is 19.7. The number of rotatable bonds is 7. The molecule has 0 aromatic carbocycles. The van der Waals surface area contributed by atoms with E-state index in [1.54, 1.807) is 38.5 Å². The second-order valence-corrected chi connectivity index (χ2v) is 9.60. The lowest BCUT2D eigenvalue weighted by Gasteiger charge is -2.41. The first-order valence-electron chi connectivity index (χ1n) is 11.9. The Bertz CT molecular complexity index is 347. The smallest absolute Gasteiger partial charge is 0.0577 e. The van der Waals surface area contributed by atoms with E-state index in [-0.39, 0.29) is 0 Å². The van der Waals surface area contributed by atoms with Crippen molar-refractivity contribution in [3.63, 3.8) is 0 Å². The zero-order valence-corrected chi connectivity index (χ0v) is 17.2. The van der Waals surface area contributed by atoms with Crippen LogP contribution in [0.4, 0.5) is 0 Å². The second-order valence-electron chi connectivity index (χ2n) is 9.60. The minimum absolute atomic E-state index is 0.583. The highest BCUT2D eigenvalue weighted by molar-refractivity contribution is 4.86. The molecule has 2 atom stereocenters. The van der Waals surface area contributed by atoms with Crippen LogP contribution < -0.4 is 0 Å². The van der Waals surface area contributed by atoms with Crippen molar-refractivity contribution in [3.05, 3.63) is 0 Å². The molecule has 146 valence electrons. The fourth-order valence-electron chi connectivity index (χ4n) is 6.53. The largest absolute Gasteiger partial charge is 0.378 e. The molecule has 0 aromatic rings. The first-order valence-corrected chi connectivity index (χ1v) is 11.9. The van der Waals surface area contributed by atoms with Crippen LogP contribution in [0.15, 0.2) is 0 Å². The third-order valence-electron chi connectivity index (χ3n) is 8.08. The maximum Gasteiger partial charge on any atom is 0.0577 e. The standard InChI is InChI=1S/C24H44O/c1-3-5-7-19-10-12-20(13-11-19)21-14-16-22(17-15-21)23-8-6-9-24(18-23)25-4-2/h19-24H,3-18H2,1-2H3/t19?,20?,21?,22?,23-,24+/m0/s1. The summed E-state index contributed by atoms with van der Waals surface area (Å²) in [5, 5.41) is 0. The molecule has 0 N–H and O–H groups in total. The van der Waals surface area contributed by atoms with Gasteiger partial charge in [-0.15, -0.1) is 0 Å². The highest BCUT2D eigenvalue weighted by Crippen LogP contribution is 2.46. The van der Waals surface area contributed by atoms with Gasteiger partial charge in [-0.1, -0.05) is 45.4 Å². The zero-order valence-electron chi connectivity index (χ0n) is 17.2. The summed E-state index contributed by atoms with van der Waals surface area (Å²) < 4.78 is 5.96. The van der Waals surface area contributed by atoms with Crippen LogP contribution in [0, 0.1) is 29.6 Å². The number of hydrogen-bond donors (Lipinski definition) is 0. The van der Waals surface area contributed by atoms with E-state index in [1.807, 2.05) is 0 Å². The molecule has 0 amide bonds. The molecule has 0 heterocycles. The molecule has 0 saturated heterocycles. The van der Waals surface area contributed by atoms with Crippen LogP contribution in [0.5, 0.6) is 0 Å². The van der Waals surface area contributed by atoms with Crippen LogP contribution in [-0.2, 0) is 4.74 Å². The van der Waals surface area contributed by atoms with E-state index in [0.29, 0.717) is 6.10 Å². The first-order chi connectivity index (χ1) is 12.3. The van der Waals surface area contributed by atoms with Gasteiger partial charge < -0.3 is 4.74 Å². The van der Waals surface area contributed by atoms with Crippen LogP contribution >= 0.6 is 0 Å². The summed E-state index contributed by atoms with van der Waals surface area (Å²) in [6, 6.07) is 0. The van der Waals surface area contributed by atoms with Gasteiger partial charge in [0, 0.05) is 6.61 Å². The minimum atomic E-state index is 0.583. The predicted octanol–water partition coefficient (Wildman–Crippen LogP) is 7.38. The molecule has 25 heavy (non-hydrogen) atoms. The molecule has 1 nitrogen and oxygen atoms in total. The molecule has 3 saturated carbocycles. The van der Waals surface area contributed by atoms with Gasteiger partial charge in [-0.3, -0.25) is 0 Å². The van der Waals surface area contributed by atoms with Crippen LogP contribution in [0.25, 0.3) is 0 Å². The topological polar surface area (TPSA) is 9.23 Å². The summed E-state index contributed by atoms with van der Waals surface area (Å²) in [5.41, 5.74) is 0. The zero-order chi connectivity index (χ0) is 17.5. The van der Waals surface area contributed by atoms with Gasteiger partial charge in [0.15, 0.2) is 0 Å². The van der Waals surface area contributed by atoms with Crippen molar-refractivity contribution in [3.8, 4) is 0 Å². The third-order valence-corrected chi connectivity index (χ3v) is 8.08. The fourth-order valence-corrected chi connectivity index (χ4v) is 6.53. The van der Waals surface area contributed by atoms with Gasteiger partial charge in [-0.05, 0) is 94.3 Å². The van der Waals surface area contributed by atoms with Crippen molar-refractivity contribution in [2.45, 2.75) is 116 Å². The van der Waals surface area contributed by atoms with Crippen molar-refractivity contribution >= 4 is 0 Å². The Kier molecular flexibility index (Phi) is 8.15. The molecule has 3 aliphatic rings. The molecule has 0 spiro atoms. The Morgan fingerprint density at radius 1 is 0.680 bits per heavy atom. The van der Waals surface area contributed by atoms with Crippen molar-refractivity contribution in [2.75, 3.05) is 6.61 Å². The summed E-state index contributed by atoms with van der Waals surface area (Å²) in [6.45, 7) is 5.41. The fraction of sp³-hybridized carbons (Fsp3) is 1.00. The lowest BCUT2D eigenvalue weighted by atomic mass is 9.65. The SMILES string of the molecule is CCCCC1CCC(C2CCC([C@H]3CCC[C@@H](OCC)C3)CC2)CC1. The summed E-state index contributed by atoms with van der Waals surface area (Å²) >= 11 is 0. The molecule has 3 fully saturated rings. The van der Waals surface area contributed by atoms with Gasteiger partial charge in [-0.2, -0.15) is 0 Å². The van der Waals surface area contributed by atoms with Gasteiger partial charge in [0.2, 0.25) is 0 Å². The number of unbranched alkanes of at least 4 members (excludes halogenated alkanes) is 1. The van der Waals surface area contributed by atoms with E-state index in [1.165, 1.54) is 57.8 Å². The summed E-state index contributed by atoms with van der Waals surface area (Å²) in [4.78, 5) is 0. The predicted molar refractivity (Wildman–Crippen MR) is 108 cm³/mol. The van der Waals surface area contributed by atoms with Crippen LogP contribution in [0.1, 0.15) is 110 Å². The van der Waals surface area contributed by atoms with Gasteiger partial charge in [0.1, 0.15) is 0 Å². The monoisotopic (exact) mass is 348 g/mol. The highest BCUT2D eigenvalue weighted by atomic mass is 16.5. The molecular weight excluding hydrogens is 304 g/mol. The molecule has 1 heteroatoms. The third kappa shape index (κ3) is 5.72. The maximum atomic E-state index is 5.96. The second kappa shape index (κ2) is 10.3. The number of ether oxygens (including phenoxy) is 1. The van der Waals surface area contributed by atoms with E-state index in [2.05, 4.69) is 13.8 Å². The Labute approximate surface area is 157 Å². The Morgan fingerprint density at radius 3 is 1.88 bits per heavy atom. The highest BCUT2D eigenvalue weighted by Gasteiger charge is 2.35. The average Bonchev–Trinajstić information content (AvgIpc) is 2.67. The lowest BCUT2D eigenvalue weighted by Crippen LogP contribution is -2.32. The average molecular weight is 349 g/mol. The molecule has 0 aromatic heterocycles. The Hall–Kier alpha value is -0.0400. The van der Waals surface area contributed by atoms with Gasteiger partial charge in [0.25, 0.3) is 0 Å². The van der Waals surface area contributed by atoms with E-state index in [4.69, 9.17) is 4.74 Å². The van der Waals surface area contributed by atoms with E-state index in [9.17, 15) is 0 Å². The quantitative estimate of drug-likeness (QED) is 0.466. The summed E-state index contributed by atoms with van der Waals surface area (Å²) in [6.07, 6.45) is 22.9. The van der Waals surface area contributed by atoms with Crippen molar-refractivity contribution in [2.24, 2.45) is 29.6 Å². The van der Waals surface area contributed by atoms with Crippen LogP contribution in [0.2, 0.25) is 0 Å². The van der Waals surface area contributed by atoms with E-state index < -0.39 is 0 Å². The van der Waals surface area contributed by atoms with Gasteiger partial charge >= 0.3 is 0 Å². The molecule has 3 rings (SSSR count). The van der Waals surface area contributed by atoms with Crippen molar-refractivity contribution in [1.82, 2.24) is 0 Å². The molecule has 3 aliphatic carbocycles. The molecule has 0 aliphatic heterocycles. The van der Waals surface area contributed by atoms with E-state index >= 15 is 0 Å². The lowest BCUT2D eigenvalue weighted by molar-refractivity contribution is 0.00186. The molecule has 0 bridgehead atoms. The van der Waals surface area contributed by atoms with Crippen molar-refractivity contribution < 1.29 is 4.74 Å². The summed E-state index contributed by atoms with van der Waals surface area (Å²) in [7, 11) is 0. The van der Waals surface area contributed by atoms with Crippen LogP contribution in [0.3, 0.4) is 0 Å². The molecule has 0 radical (unpaired) electrons. The van der Waals surface area contributed by atoms with E-state index in [0.717, 1.165) is 36.2 Å². The Morgan fingerprint density at radius 2 is 1.28 bits per heavy atom.